The van der Waals surface area contributed by atoms with Crippen molar-refractivity contribution in [3.05, 3.63) is 0 Å². The second-order valence-electron chi connectivity index (χ2n) is 7.30. The third-order valence-electron chi connectivity index (χ3n) is 5.56. The largest absolute Gasteiger partial charge is 0.467 e. The number of methoxy groups -OCH3 is 1. The van der Waals surface area contributed by atoms with E-state index in [0.29, 0.717) is 18.5 Å². The van der Waals surface area contributed by atoms with Gasteiger partial charge in [-0.3, -0.25) is 0 Å². The van der Waals surface area contributed by atoms with E-state index in [4.69, 9.17) is 4.74 Å². The van der Waals surface area contributed by atoms with Crippen LogP contribution in [-0.2, 0) is 9.53 Å². The number of hydrogen-bond acceptors (Lipinski definition) is 4. The zero-order valence-corrected chi connectivity index (χ0v) is 16.6. The molecule has 144 valence electrons. The van der Waals surface area contributed by atoms with Crippen LogP contribution in [0.15, 0.2) is 0 Å². The molecule has 2 amide bonds. The van der Waals surface area contributed by atoms with E-state index in [1.807, 2.05) is 6.26 Å². The fourth-order valence-corrected chi connectivity index (χ4v) is 4.67. The lowest BCUT2D eigenvalue weighted by Gasteiger charge is -2.42. The number of hydrogen-bond donors (Lipinski definition) is 1. The number of carbonyl (C=O) groups is 2. The lowest BCUT2D eigenvalue weighted by Crippen LogP contribution is -2.56. The highest BCUT2D eigenvalue weighted by atomic mass is 32.2. The Hall–Kier alpha value is -0.910. The molecular formula is C19H34N2O3S. The number of nitrogens with zero attached hydrogens (tertiary/aromatic N) is 1. The number of nitrogens with one attached hydrogen (secondary N) is 1. The van der Waals surface area contributed by atoms with E-state index in [1.54, 1.807) is 11.8 Å². The average molecular weight is 371 g/mol. The molecule has 2 saturated carbocycles. The smallest absolute Gasteiger partial charge is 0.328 e. The maximum atomic E-state index is 13.1. The van der Waals surface area contributed by atoms with E-state index in [2.05, 4.69) is 10.2 Å². The van der Waals surface area contributed by atoms with Crippen molar-refractivity contribution in [3.8, 4) is 0 Å². The van der Waals surface area contributed by atoms with Gasteiger partial charge in [-0.05, 0) is 44.1 Å². The van der Waals surface area contributed by atoms with Gasteiger partial charge in [-0.15, -0.1) is 0 Å². The minimum Gasteiger partial charge on any atom is -0.467 e. The summed E-state index contributed by atoms with van der Waals surface area (Å²) in [5.41, 5.74) is 0. The summed E-state index contributed by atoms with van der Waals surface area (Å²) in [5, 5.41) is 3.00. The average Bonchev–Trinajstić information content (AvgIpc) is 2.66. The number of carbonyl (C=O) groups excluding carboxylic acids is 2. The van der Waals surface area contributed by atoms with Crippen molar-refractivity contribution in [2.45, 2.75) is 88.8 Å². The second kappa shape index (κ2) is 10.9. The molecule has 1 N–H and O–H groups in total. The van der Waals surface area contributed by atoms with Crippen LogP contribution < -0.4 is 5.32 Å². The molecule has 0 saturated heterocycles. The zero-order chi connectivity index (χ0) is 18.1. The third-order valence-corrected chi connectivity index (χ3v) is 6.21. The van der Waals surface area contributed by atoms with Crippen LogP contribution in [0, 0.1) is 0 Å². The van der Waals surface area contributed by atoms with Gasteiger partial charge in [-0.1, -0.05) is 38.5 Å². The fourth-order valence-electron chi connectivity index (χ4n) is 4.20. The topological polar surface area (TPSA) is 58.6 Å². The van der Waals surface area contributed by atoms with E-state index in [-0.39, 0.29) is 12.0 Å². The molecule has 1 atom stereocenters. The van der Waals surface area contributed by atoms with E-state index in [9.17, 15) is 9.59 Å². The van der Waals surface area contributed by atoms with E-state index in [1.165, 1.54) is 45.6 Å². The van der Waals surface area contributed by atoms with Crippen LogP contribution in [0.5, 0.6) is 0 Å². The Morgan fingerprint density at radius 3 is 2.00 bits per heavy atom. The molecule has 0 unspecified atom stereocenters. The van der Waals surface area contributed by atoms with Gasteiger partial charge in [0.05, 0.1) is 7.11 Å². The number of urea groups is 1. The molecule has 25 heavy (non-hydrogen) atoms. The summed E-state index contributed by atoms with van der Waals surface area (Å²) >= 11 is 1.68. The Balaban J connectivity index is 2.07. The molecule has 0 heterocycles. The fraction of sp³-hybridized carbons (Fsp3) is 0.895. The van der Waals surface area contributed by atoms with Crippen LogP contribution >= 0.6 is 11.8 Å². The van der Waals surface area contributed by atoms with Gasteiger partial charge in [0.2, 0.25) is 0 Å². The molecule has 5 nitrogen and oxygen atoms in total. The van der Waals surface area contributed by atoms with Gasteiger partial charge in [0.25, 0.3) is 0 Å². The van der Waals surface area contributed by atoms with Gasteiger partial charge in [-0.2, -0.15) is 11.8 Å². The molecule has 0 aromatic heterocycles. The molecule has 2 aliphatic rings. The van der Waals surface area contributed by atoms with Crippen LogP contribution in [0.4, 0.5) is 4.79 Å². The molecule has 0 aliphatic heterocycles. The summed E-state index contributed by atoms with van der Waals surface area (Å²) < 4.78 is 4.90. The van der Waals surface area contributed by atoms with Crippen molar-refractivity contribution in [1.82, 2.24) is 10.2 Å². The molecule has 0 radical (unpaired) electrons. The predicted molar refractivity (Wildman–Crippen MR) is 103 cm³/mol. The molecular weight excluding hydrogens is 336 g/mol. The summed E-state index contributed by atoms with van der Waals surface area (Å²) in [5.74, 6) is 0.488. The van der Waals surface area contributed by atoms with Gasteiger partial charge in [0.15, 0.2) is 0 Å². The summed E-state index contributed by atoms with van der Waals surface area (Å²) in [6.45, 7) is 0. The van der Waals surface area contributed by atoms with Gasteiger partial charge < -0.3 is 15.0 Å². The summed E-state index contributed by atoms with van der Waals surface area (Å²) in [4.78, 5) is 27.3. The molecule has 0 aromatic carbocycles. The molecule has 2 fully saturated rings. The van der Waals surface area contributed by atoms with Crippen molar-refractivity contribution in [1.29, 1.82) is 0 Å². The number of rotatable bonds is 7. The highest BCUT2D eigenvalue weighted by Crippen LogP contribution is 2.30. The predicted octanol–water partition coefficient (Wildman–Crippen LogP) is 3.96. The highest BCUT2D eigenvalue weighted by Gasteiger charge is 2.34. The van der Waals surface area contributed by atoms with Crippen molar-refractivity contribution < 1.29 is 14.3 Å². The van der Waals surface area contributed by atoms with Crippen molar-refractivity contribution >= 4 is 23.8 Å². The molecule has 0 aromatic rings. The van der Waals surface area contributed by atoms with Crippen LogP contribution in [0.25, 0.3) is 0 Å². The van der Waals surface area contributed by atoms with Gasteiger partial charge >= 0.3 is 12.0 Å². The summed E-state index contributed by atoms with van der Waals surface area (Å²) in [6, 6.07) is 0.0568. The van der Waals surface area contributed by atoms with Gasteiger partial charge in [0.1, 0.15) is 6.04 Å². The second-order valence-corrected chi connectivity index (χ2v) is 8.28. The first-order chi connectivity index (χ1) is 12.2. The molecule has 6 heteroatoms. The van der Waals surface area contributed by atoms with Crippen LogP contribution in [-0.4, -0.2) is 54.1 Å². The minimum atomic E-state index is -0.542. The summed E-state index contributed by atoms with van der Waals surface area (Å²) in [7, 11) is 1.39. The third kappa shape index (κ3) is 6.08. The highest BCUT2D eigenvalue weighted by molar-refractivity contribution is 7.98. The van der Waals surface area contributed by atoms with Crippen molar-refractivity contribution in [2.75, 3.05) is 19.1 Å². The first-order valence-electron chi connectivity index (χ1n) is 9.83. The van der Waals surface area contributed by atoms with Crippen molar-refractivity contribution in [3.63, 3.8) is 0 Å². The van der Waals surface area contributed by atoms with E-state index < -0.39 is 6.04 Å². The maximum absolute atomic E-state index is 13.1. The van der Waals surface area contributed by atoms with Crippen LogP contribution in [0.1, 0.15) is 70.6 Å². The van der Waals surface area contributed by atoms with Crippen molar-refractivity contribution in [2.24, 2.45) is 0 Å². The standard InChI is InChI=1S/C19H34N2O3S/c1-24-18(22)17(13-14-25-2)20-19(23)21(15-9-5-3-6-10-15)16-11-7-4-8-12-16/h15-17H,3-14H2,1-2H3,(H,20,23)/t17-/m0/s1. The van der Waals surface area contributed by atoms with Gasteiger partial charge in [-0.25, -0.2) is 9.59 Å². The zero-order valence-electron chi connectivity index (χ0n) is 15.8. The minimum absolute atomic E-state index is 0.0599. The number of amides is 2. The Morgan fingerprint density at radius 1 is 1.04 bits per heavy atom. The number of thioether (sulfide) groups is 1. The van der Waals surface area contributed by atoms with E-state index >= 15 is 0 Å². The Bertz CT molecular complexity index is 403. The van der Waals surface area contributed by atoms with Gasteiger partial charge in [0, 0.05) is 12.1 Å². The lowest BCUT2D eigenvalue weighted by molar-refractivity contribution is -0.143. The first-order valence-corrected chi connectivity index (χ1v) is 11.2. The number of ether oxygens (including phenoxy) is 1. The maximum Gasteiger partial charge on any atom is 0.328 e. The normalized spacial score (nSPS) is 20.7. The lowest BCUT2D eigenvalue weighted by atomic mass is 9.89. The SMILES string of the molecule is COC(=O)[C@H](CCSC)NC(=O)N(C1CCCCC1)C1CCCCC1. The quantitative estimate of drug-likeness (QED) is 0.689. The first kappa shape index (κ1) is 20.4. The molecule has 2 aliphatic carbocycles. The Morgan fingerprint density at radius 2 is 1.56 bits per heavy atom. The molecule has 0 bridgehead atoms. The Kier molecular flexibility index (Phi) is 8.93. The number of esters is 1. The van der Waals surface area contributed by atoms with Crippen LogP contribution in [0.3, 0.4) is 0 Å². The molecule has 2 rings (SSSR count). The monoisotopic (exact) mass is 370 g/mol. The van der Waals surface area contributed by atoms with Crippen LogP contribution in [0.2, 0.25) is 0 Å². The Labute approximate surface area is 156 Å². The molecule has 0 spiro atoms. The van der Waals surface area contributed by atoms with E-state index in [0.717, 1.165) is 31.4 Å². The summed E-state index contributed by atoms with van der Waals surface area (Å²) in [6.07, 6.45) is 14.4.